The molecule has 1 aliphatic rings. The van der Waals surface area contributed by atoms with E-state index >= 15 is 0 Å². The van der Waals surface area contributed by atoms with Gasteiger partial charge in [0, 0.05) is 52.0 Å². The van der Waals surface area contributed by atoms with Crippen LogP contribution < -0.4 is 9.80 Å². The van der Waals surface area contributed by atoms with Crippen LogP contribution in [0.3, 0.4) is 0 Å². The maximum absolute atomic E-state index is 13.2. The number of carbonyl (C=O) groups excluding carboxylic acids is 1. The summed E-state index contributed by atoms with van der Waals surface area (Å²) >= 11 is 0. The lowest BCUT2D eigenvalue weighted by Gasteiger charge is -2.35. The smallest absolute Gasteiger partial charge is 0.363 e. The Bertz CT molecular complexity index is 861. The Labute approximate surface area is 161 Å². The molecule has 0 N–H and O–H groups in total. The first-order valence-corrected chi connectivity index (χ1v) is 8.90. The van der Waals surface area contributed by atoms with Crippen LogP contribution in [0.4, 0.5) is 24.9 Å². The fourth-order valence-corrected chi connectivity index (χ4v) is 3.10. The van der Waals surface area contributed by atoms with Gasteiger partial charge in [-0.1, -0.05) is 12.1 Å². The quantitative estimate of drug-likeness (QED) is 0.803. The number of rotatable bonds is 3. The Morgan fingerprint density at radius 1 is 1.07 bits per heavy atom. The molecule has 2 aromatic rings. The molecule has 0 radical (unpaired) electrons. The van der Waals surface area contributed by atoms with Gasteiger partial charge in [-0.05, 0) is 19.1 Å². The van der Waals surface area contributed by atoms with Gasteiger partial charge < -0.3 is 14.7 Å². The first-order valence-electron chi connectivity index (χ1n) is 8.90. The summed E-state index contributed by atoms with van der Waals surface area (Å²) in [5.74, 6) is 0.735. The molecule has 1 aromatic heterocycles. The van der Waals surface area contributed by atoms with E-state index in [-0.39, 0.29) is 5.56 Å². The highest BCUT2D eigenvalue weighted by Gasteiger charge is 2.36. The minimum absolute atomic E-state index is 0.305. The molecule has 150 valence electrons. The average molecular weight is 393 g/mol. The maximum atomic E-state index is 13.2. The first-order chi connectivity index (χ1) is 13.2. The van der Waals surface area contributed by atoms with Gasteiger partial charge >= 0.3 is 6.18 Å². The van der Waals surface area contributed by atoms with Crippen LogP contribution in [0.25, 0.3) is 0 Å². The number of halogens is 3. The van der Waals surface area contributed by atoms with Crippen LogP contribution in [0.5, 0.6) is 0 Å². The van der Waals surface area contributed by atoms with E-state index in [0.29, 0.717) is 32.1 Å². The lowest BCUT2D eigenvalue weighted by molar-refractivity contribution is -0.138. The number of alkyl halides is 3. The second-order valence-corrected chi connectivity index (χ2v) is 6.88. The van der Waals surface area contributed by atoms with E-state index in [0.717, 1.165) is 17.6 Å². The Morgan fingerprint density at radius 2 is 1.71 bits per heavy atom. The van der Waals surface area contributed by atoms with Gasteiger partial charge in [-0.15, -0.1) is 0 Å². The van der Waals surface area contributed by atoms with E-state index in [1.807, 2.05) is 36.9 Å². The highest BCUT2D eigenvalue weighted by molar-refractivity contribution is 5.96. The lowest BCUT2D eigenvalue weighted by Crippen LogP contribution is -2.49. The number of amides is 1. The highest BCUT2D eigenvalue weighted by atomic mass is 19.4. The number of carbonyl (C=O) groups is 1. The first kappa shape index (κ1) is 19.9. The second-order valence-electron chi connectivity index (χ2n) is 6.88. The van der Waals surface area contributed by atoms with Crippen molar-refractivity contribution < 1.29 is 18.0 Å². The fraction of sp³-hybridized carbons (Fsp3) is 0.421. The van der Waals surface area contributed by atoms with Gasteiger partial charge in [-0.25, -0.2) is 4.98 Å². The molecule has 9 heteroatoms. The third-order valence-electron chi connectivity index (χ3n) is 4.60. The zero-order valence-corrected chi connectivity index (χ0v) is 16.0. The van der Waals surface area contributed by atoms with Crippen molar-refractivity contribution in [3.8, 4) is 0 Å². The summed E-state index contributed by atoms with van der Waals surface area (Å²) in [6.45, 7) is 3.40. The van der Waals surface area contributed by atoms with Gasteiger partial charge in [-0.3, -0.25) is 4.79 Å². The Morgan fingerprint density at radius 3 is 2.32 bits per heavy atom. The summed E-state index contributed by atoms with van der Waals surface area (Å²) in [7, 11) is 3.78. The largest absolute Gasteiger partial charge is 0.417 e. The Kier molecular flexibility index (Phi) is 5.44. The number of piperazine rings is 1. The van der Waals surface area contributed by atoms with Gasteiger partial charge in [0.15, 0.2) is 0 Å². The summed E-state index contributed by atoms with van der Waals surface area (Å²) in [4.78, 5) is 26.9. The third-order valence-corrected chi connectivity index (χ3v) is 4.60. The van der Waals surface area contributed by atoms with E-state index in [1.165, 1.54) is 23.1 Å². The van der Waals surface area contributed by atoms with E-state index in [1.54, 1.807) is 0 Å². The number of hydrogen-bond acceptors (Lipinski definition) is 5. The molecule has 1 amide bonds. The number of hydrogen-bond donors (Lipinski definition) is 0. The molecular formula is C19H22F3N5O. The number of aromatic nitrogens is 2. The molecule has 0 atom stereocenters. The molecule has 28 heavy (non-hydrogen) atoms. The van der Waals surface area contributed by atoms with Crippen molar-refractivity contribution in [2.24, 2.45) is 0 Å². The topological polar surface area (TPSA) is 52.6 Å². The van der Waals surface area contributed by atoms with Gasteiger partial charge in [0.25, 0.3) is 5.91 Å². The molecule has 0 spiro atoms. The van der Waals surface area contributed by atoms with Crippen LogP contribution >= 0.6 is 0 Å². The average Bonchev–Trinajstić information content (AvgIpc) is 2.66. The predicted molar refractivity (Wildman–Crippen MR) is 101 cm³/mol. The summed E-state index contributed by atoms with van der Waals surface area (Å²) in [5, 5.41) is 0. The van der Waals surface area contributed by atoms with Crippen LogP contribution in [0, 0.1) is 6.92 Å². The molecule has 0 unspecified atom stereocenters. The molecule has 0 saturated carbocycles. The third kappa shape index (κ3) is 4.18. The minimum atomic E-state index is -4.56. The van der Waals surface area contributed by atoms with Crippen molar-refractivity contribution >= 4 is 17.7 Å². The second kappa shape index (κ2) is 7.65. The van der Waals surface area contributed by atoms with Gasteiger partial charge in [0.2, 0.25) is 5.95 Å². The molecule has 1 aliphatic heterocycles. The summed E-state index contributed by atoms with van der Waals surface area (Å²) in [6, 6.07) is 6.77. The van der Waals surface area contributed by atoms with E-state index in [9.17, 15) is 18.0 Å². The van der Waals surface area contributed by atoms with Crippen molar-refractivity contribution in [1.82, 2.24) is 14.9 Å². The minimum Gasteiger partial charge on any atom is -0.363 e. The summed E-state index contributed by atoms with van der Waals surface area (Å²) < 4.78 is 39.6. The molecule has 2 heterocycles. The van der Waals surface area contributed by atoms with Crippen molar-refractivity contribution in [2.45, 2.75) is 13.1 Å². The van der Waals surface area contributed by atoms with Crippen molar-refractivity contribution in [1.29, 1.82) is 0 Å². The van der Waals surface area contributed by atoms with Crippen LogP contribution in [-0.4, -0.2) is 61.0 Å². The molecular weight excluding hydrogens is 371 g/mol. The highest BCUT2D eigenvalue weighted by Crippen LogP contribution is 2.32. The molecule has 1 fully saturated rings. The lowest BCUT2D eigenvalue weighted by atomic mass is 10.1. The van der Waals surface area contributed by atoms with Crippen LogP contribution in [0.2, 0.25) is 0 Å². The number of anilines is 2. The standard InChI is InChI=1S/C19H22F3N5O/c1-13-12-16(25(2)3)24-18(23-13)27-10-8-26(9-11-27)17(28)14-6-4-5-7-15(14)19(20,21)22/h4-7,12H,8-11H2,1-3H3. The van der Waals surface area contributed by atoms with E-state index in [4.69, 9.17) is 0 Å². The molecule has 0 bridgehead atoms. The molecule has 1 saturated heterocycles. The van der Waals surface area contributed by atoms with Crippen molar-refractivity contribution in [2.75, 3.05) is 50.1 Å². The van der Waals surface area contributed by atoms with Crippen LogP contribution in [-0.2, 0) is 6.18 Å². The fourth-order valence-electron chi connectivity index (χ4n) is 3.10. The summed E-state index contributed by atoms with van der Waals surface area (Å²) in [5.41, 5.74) is -0.392. The zero-order valence-electron chi connectivity index (χ0n) is 16.0. The summed E-state index contributed by atoms with van der Waals surface area (Å²) in [6.07, 6.45) is -4.56. The van der Waals surface area contributed by atoms with Gasteiger partial charge in [-0.2, -0.15) is 18.2 Å². The molecule has 3 rings (SSSR count). The number of benzene rings is 1. The number of aryl methyl sites for hydroxylation is 1. The zero-order chi connectivity index (χ0) is 20.5. The normalized spacial score (nSPS) is 14.9. The predicted octanol–water partition coefficient (Wildman–Crippen LogP) is 2.83. The number of nitrogens with zero attached hydrogens (tertiary/aromatic N) is 5. The maximum Gasteiger partial charge on any atom is 0.417 e. The van der Waals surface area contributed by atoms with Gasteiger partial charge in [0.1, 0.15) is 5.82 Å². The van der Waals surface area contributed by atoms with Crippen LogP contribution in [0.15, 0.2) is 30.3 Å². The van der Waals surface area contributed by atoms with Gasteiger partial charge in [0.05, 0.1) is 11.1 Å². The Balaban J connectivity index is 1.74. The van der Waals surface area contributed by atoms with E-state index < -0.39 is 17.6 Å². The SMILES string of the molecule is Cc1cc(N(C)C)nc(N2CCN(C(=O)c3ccccc3C(F)(F)F)CC2)n1. The van der Waals surface area contributed by atoms with Crippen LogP contribution in [0.1, 0.15) is 21.6 Å². The molecule has 6 nitrogen and oxygen atoms in total. The van der Waals surface area contributed by atoms with Crippen molar-refractivity contribution in [3.05, 3.63) is 47.2 Å². The molecule has 0 aliphatic carbocycles. The van der Waals surface area contributed by atoms with Crippen molar-refractivity contribution in [3.63, 3.8) is 0 Å². The van der Waals surface area contributed by atoms with E-state index in [2.05, 4.69) is 9.97 Å². The molecule has 1 aromatic carbocycles. The Hall–Kier alpha value is -2.84. The monoisotopic (exact) mass is 393 g/mol.